The maximum Gasteiger partial charge on any atom is 0.241 e. The fourth-order valence-electron chi connectivity index (χ4n) is 1.60. The molecular formula is C10H10Cl3N3O. The van der Waals surface area contributed by atoms with Gasteiger partial charge in [0, 0.05) is 20.1 Å². The summed E-state index contributed by atoms with van der Waals surface area (Å²) < 4.78 is 0. The van der Waals surface area contributed by atoms with Crippen LogP contribution >= 0.6 is 34.8 Å². The summed E-state index contributed by atoms with van der Waals surface area (Å²) in [4.78, 5) is 19.2. The zero-order valence-electron chi connectivity index (χ0n) is 9.08. The van der Waals surface area contributed by atoms with E-state index in [0.29, 0.717) is 29.0 Å². The van der Waals surface area contributed by atoms with Gasteiger partial charge in [0.15, 0.2) is 0 Å². The Kier molecular flexibility index (Phi) is 3.66. The van der Waals surface area contributed by atoms with E-state index in [9.17, 15) is 4.79 Å². The molecule has 0 bridgehead atoms. The summed E-state index contributed by atoms with van der Waals surface area (Å²) in [6, 6.07) is 1.54. The third kappa shape index (κ3) is 2.59. The maximum atomic E-state index is 11.6. The van der Waals surface area contributed by atoms with Gasteiger partial charge in [-0.25, -0.2) is 4.98 Å². The Labute approximate surface area is 114 Å². The number of nitrogens with zero attached hydrogens (tertiary/aromatic N) is 3. The van der Waals surface area contributed by atoms with Crippen LogP contribution in [0.1, 0.15) is 0 Å². The van der Waals surface area contributed by atoms with Crippen molar-refractivity contribution in [3.63, 3.8) is 0 Å². The van der Waals surface area contributed by atoms with E-state index in [0.717, 1.165) is 0 Å². The van der Waals surface area contributed by atoms with Gasteiger partial charge in [0.1, 0.15) is 11.0 Å². The van der Waals surface area contributed by atoms with E-state index in [4.69, 9.17) is 34.8 Å². The number of halogens is 3. The molecule has 2 rings (SSSR count). The number of pyridine rings is 1. The Hall–Kier alpha value is -0.710. The van der Waals surface area contributed by atoms with Gasteiger partial charge in [0.05, 0.1) is 16.6 Å². The van der Waals surface area contributed by atoms with Crippen molar-refractivity contribution in [2.45, 2.75) is 0 Å². The number of aromatic nitrogens is 1. The van der Waals surface area contributed by atoms with Crippen molar-refractivity contribution >= 4 is 46.5 Å². The maximum absolute atomic E-state index is 11.6. The molecule has 1 aliphatic heterocycles. The average molecular weight is 295 g/mol. The Balaban J connectivity index is 2.29. The number of carbonyl (C=O) groups is 1. The second kappa shape index (κ2) is 4.88. The first-order chi connectivity index (χ1) is 7.99. The monoisotopic (exact) mass is 293 g/mol. The van der Waals surface area contributed by atoms with E-state index in [2.05, 4.69) is 4.98 Å². The van der Waals surface area contributed by atoms with Crippen LogP contribution in [0.3, 0.4) is 0 Å². The van der Waals surface area contributed by atoms with Gasteiger partial charge in [0.25, 0.3) is 0 Å². The Bertz CT molecular complexity index is 466. The first-order valence-electron chi connectivity index (χ1n) is 4.99. The highest BCUT2D eigenvalue weighted by Crippen LogP contribution is 2.31. The van der Waals surface area contributed by atoms with Crippen molar-refractivity contribution in [2.75, 3.05) is 31.6 Å². The lowest BCUT2D eigenvalue weighted by atomic mass is 10.3. The van der Waals surface area contributed by atoms with E-state index >= 15 is 0 Å². The third-order valence-corrected chi connectivity index (χ3v) is 3.58. The lowest BCUT2D eigenvalue weighted by Crippen LogP contribution is -2.48. The van der Waals surface area contributed by atoms with Gasteiger partial charge in [-0.1, -0.05) is 34.8 Å². The van der Waals surface area contributed by atoms with Crippen LogP contribution in [0.2, 0.25) is 15.2 Å². The largest absolute Gasteiger partial charge is 0.344 e. The first-order valence-corrected chi connectivity index (χ1v) is 6.13. The van der Waals surface area contributed by atoms with Crippen LogP contribution in [0.15, 0.2) is 6.07 Å². The van der Waals surface area contributed by atoms with E-state index < -0.39 is 0 Å². The zero-order chi connectivity index (χ0) is 12.6. The summed E-state index contributed by atoms with van der Waals surface area (Å²) >= 11 is 17.7. The number of hydrogen-bond acceptors (Lipinski definition) is 3. The van der Waals surface area contributed by atoms with Crippen LogP contribution in [0.25, 0.3) is 0 Å². The fraction of sp³-hybridized carbons (Fsp3) is 0.400. The quantitative estimate of drug-likeness (QED) is 0.746. The fourth-order valence-corrected chi connectivity index (χ4v) is 2.21. The number of amides is 1. The van der Waals surface area contributed by atoms with Crippen LogP contribution in [0, 0.1) is 0 Å². The van der Waals surface area contributed by atoms with Gasteiger partial charge in [-0.2, -0.15) is 0 Å². The molecule has 92 valence electrons. The van der Waals surface area contributed by atoms with Crippen molar-refractivity contribution in [1.29, 1.82) is 0 Å². The molecule has 4 nitrogen and oxygen atoms in total. The summed E-state index contributed by atoms with van der Waals surface area (Å²) in [5, 5.41) is 0.898. The van der Waals surface area contributed by atoms with E-state index in [-0.39, 0.29) is 17.6 Å². The van der Waals surface area contributed by atoms with E-state index in [1.807, 2.05) is 0 Å². The van der Waals surface area contributed by atoms with Crippen molar-refractivity contribution in [3.8, 4) is 0 Å². The highest BCUT2D eigenvalue weighted by Gasteiger charge is 2.24. The molecule has 7 heteroatoms. The van der Waals surface area contributed by atoms with E-state index in [1.54, 1.807) is 16.8 Å². The summed E-state index contributed by atoms with van der Waals surface area (Å²) in [7, 11) is 1.77. The lowest BCUT2D eigenvalue weighted by molar-refractivity contribution is -0.129. The summed E-state index contributed by atoms with van der Waals surface area (Å²) in [5.41, 5.74) is 0. The van der Waals surface area contributed by atoms with Crippen LogP contribution in [-0.4, -0.2) is 42.5 Å². The van der Waals surface area contributed by atoms with Gasteiger partial charge in [-0.3, -0.25) is 4.79 Å². The number of hydrogen-bond donors (Lipinski definition) is 0. The molecule has 0 atom stereocenters. The zero-order valence-corrected chi connectivity index (χ0v) is 11.4. The van der Waals surface area contributed by atoms with Crippen molar-refractivity contribution in [2.24, 2.45) is 0 Å². The molecule has 0 aliphatic carbocycles. The topological polar surface area (TPSA) is 36.4 Å². The highest BCUT2D eigenvalue weighted by atomic mass is 35.5. The number of likely N-dealkylation sites (N-methyl/N-ethyl adjacent to an activating group) is 1. The van der Waals surface area contributed by atoms with Crippen LogP contribution in [-0.2, 0) is 4.79 Å². The Morgan fingerprint density at radius 1 is 1.24 bits per heavy atom. The molecule has 1 amide bonds. The van der Waals surface area contributed by atoms with Crippen LogP contribution < -0.4 is 4.90 Å². The molecule has 0 unspecified atom stereocenters. The Morgan fingerprint density at radius 3 is 2.59 bits per heavy atom. The number of carbonyl (C=O) groups excluding carboxylic acids is 1. The van der Waals surface area contributed by atoms with Crippen molar-refractivity contribution < 1.29 is 4.79 Å². The molecular weight excluding hydrogens is 284 g/mol. The second-order valence-electron chi connectivity index (χ2n) is 3.80. The lowest BCUT2D eigenvalue weighted by Gasteiger charge is -2.33. The van der Waals surface area contributed by atoms with E-state index in [1.165, 1.54) is 6.07 Å². The van der Waals surface area contributed by atoms with Gasteiger partial charge in [-0.05, 0) is 6.07 Å². The Morgan fingerprint density at radius 2 is 1.94 bits per heavy atom. The molecule has 0 saturated carbocycles. The van der Waals surface area contributed by atoms with Crippen molar-refractivity contribution in [3.05, 3.63) is 21.3 Å². The summed E-state index contributed by atoms with van der Waals surface area (Å²) in [6.45, 7) is 1.56. The molecule has 17 heavy (non-hydrogen) atoms. The average Bonchev–Trinajstić information content (AvgIpc) is 2.27. The molecule has 0 spiro atoms. The minimum Gasteiger partial charge on any atom is -0.344 e. The van der Waals surface area contributed by atoms with Crippen molar-refractivity contribution in [1.82, 2.24) is 9.88 Å². The molecule has 2 heterocycles. The molecule has 1 aromatic heterocycles. The van der Waals surface area contributed by atoms with Gasteiger partial charge in [-0.15, -0.1) is 0 Å². The summed E-state index contributed by atoms with van der Waals surface area (Å²) in [6.07, 6.45) is 0. The first kappa shape index (κ1) is 12.7. The molecule has 0 aromatic carbocycles. The molecule has 1 aromatic rings. The van der Waals surface area contributed by atoms with Gasteiger partial charge in [0.2, 0.25) is 5.91 Å². The molecule has 1 saturated heterocycles. The molecule has 0 N–H and O–H groups in total. The number of piperazine rings is 1. The molecule has 0 radical (unpaired) electrons. The smallest absolute Gasteiger partial charge is 0.241 e. The SMILES string of the molecule is CN1CCN(c2nc(Cl)c(Cl)cc2Cl)CC1=O. The molecule has 1 aliphatic rings. The minimum absolute atomic E-state index is 0.0280. The normalized spacial score (nSPS) is 16.6. The van der Waals surface area contributed by atoms with Gasteiger partial charge < -0.3 is 9.80 Å². The predicted octanol–water partition coefficient (Wildman–Crippen LogP) is 2.32. The second-order valence-corrected chi connectivity index (χ2v) is 4.98. The van der Waals surface area contributed by atoms with Gasteiger partial charge >= 0.3 is 0 Å². The van der Waals surface area contributed by atoms with Crippen LogP contribution in [0.4, 0.5) is 5.82 Å². The highest BCUT2D eigenvalue weighted by molar-refractivity contribution is 6.43. The third-order valence-electron chi connectivity index (χ3n) is 2.62. The minimum atomic E-state index is 0.0280. The number of rotatable bonds is 1. The standard InChI is InChI=1S/C10H10Cl3N3O/c1-15-2-3-16(5-8(15)17)10-7(12)4-6(11)9(13)14-10/h4H,2-3,5H2,1H3. The van der Waals surface area contributed by atoms with Crippen LogP contribution in [0.5, 0.6) is 0 Å². The predicted molar refractivity (Wildman–Crippen MR) is 69.1 cm³/mol. The summed E-state index contributed by atoms with van der Waals surface area (Å²) in [5.74, 6) is 0.530. The number of anilines is 1. The molecule has 1 fully saturated rings.